The fourth-order valence-electron chi connectivity index (χ4n) is 13.6. The van der Waals surface area contributed by atoms with Crippen molar-refractivity contribution in [1.29, 1.82) is 0 Å². The van der Waals surface area contributed by atoms with E-state index in [1.807, 2.05) is 0 Å². The Morgan fingerprint density at radius 1 is 0.369 bits per heavy atom. The first-order chi connectivity index (χ1) is 49.8. The molecule has 24 nitrogen and oxygen atoms in total. The normalized spacial score (nSPS) is 26.9. The number of aliphatic hydroxyl groups is 10. The fraction of sp³-hybridized carbons (Fsp3) is 0.936. The van der Waals surface area contributed by atoms with Crippen LogP contribution in [0.1, 0.15) is 335 Å². The summed E-state index contributed by atoms with van der Waals surface area (Å²) in [5.74, 6) is -1.97. The van der Waals surface area contributed by atoms with Crippen LogP contribution in [0.15, 0.2) is 12.2 Å². The summed E-state index contributed by atoms with van der Waals surface area (Å²) in [6, 6.07) is 0. The summed E-state index contributed by atoms with van der Waals surface area (Å²) in [6.07, 6.45) is 21.0. The van der Waals surface area contributed by atoms with Gasteiger partial charge in [-0.15, -0.1) is 0 Å². The molecule has 0 radical (unpaired) electrons. The highest BCUT2D eigenvalue weighted by Gasteiger charge is 2.58. The van der Waals surface area contributed by atoms with Crippen molar-refractivity contribution in [3.05, 3.63) is 12.2 Å². The Labute approximate surface area is 618 Å². The molecule has 18 atom stereocenters. The molecule has 2 heterocycles. The molecule has 0 spiro atoms. The molecule has 2 aliphatic heterocycles. The van der Waals surface area contributed by atoms with E-state index in [0.717, 1.165) is 109 Å². The lowest BCUT2D eigenvalue weighted by molar-refractivity contribution is -0.360. The van der Waals surface area contributed by atoms with Gasteiger partial charge >= 0.3 is 25.7 Å². The molecule has 0 aromatic heterocycles. The van der Waals surface area contributed by atoms with Gasteiger partial charge in [-0.3, -0.25) is 23.4 Å². The Morgan fingerprint density at radius 3 is 1.06 bits per heavy atom. The van der Waals surface area contributed by atoms with Crippen molar-refractivity contribution in [2.45, 2.75) is 440 Å². The Balaban J connectivity index is 1.70. The van der Waals surface area contributed by atoms with Crippen LogP contribution in [0.2, 0.25) is 0 Å². The fourth-order valence-corrected chi connectivity index (χ4v) is 14.6. The van der Waals surface area contributed by atoms with Gasteiger partial charge in [0.1, 0.15) is 98.7 Å². The number of unbranched alkanes of at least 4 members (excludes halogenated alkanes) is 42. The summed E-state index contributed by atoms with van der Waals surface area (Å²) in [7, 11) is -5.70. The van der Waals surface area contributed by atoms with Gasteiger partial charge in [0, 0.05) is 19.3 Å². The second-order valence-electron chi connectivity index (χ2n) is 29.5. The van der Waals surface area contributed by atoms with Gasteiger partial charge in [0.15, 0.2) is 18.7 Å². The van der Waals surface area contributed by atoms with E-state index in [-0.39, 0.29) is 19.3 Å². The smallest absolute Gasteiger partial charge is 0.463 e. The molecule has 103 heavy (non-hydrogen) atoms. The largest absolute Gasteiger partial charge is 0.472 e. The summed E-state index contributed by atoms with van der Waals surface area (Å²) in [6.45, 7) is 3.49. The Morgan fingerprint density at radius 2 is 0.680 bits per heavy atom. The van der Waals surface area contributed by atoms with Gasteiger partial charge in [0.25, 0.3) is 0 Å². The SMILES string of the molecule is CCCCCC/C=C\CCCCCCCCCC(=O)OCC1OC(OC2C(O)C(O)C(O)C(OC3OC(CO)C(O)C(O)C3O)C2OP(=O)(O)OCC(COC(=O)CCCCCCCCCCCCCCCCCCC)OC(=O)CCCCCCCCCCCCCCCCCC)C(O)C(O)C1O. The number of aliphatic hydroxyl groups excluding tert-OH is 10. The molecule has 2 saturated heterocycles. The van der Waals surface area contributed by atoms with Crippen molar-refractivity contribution >= 4 is 25.7 Å². The molecule has 25 heteroatoms. The van der Waals surface area contributed by atoms with Crippen LogP contribution in [0.5, 0.6) is 0 Å². The van der Waals surface area contributed by atoms with E-state index >= 15 is 0 Å². The monoisotopic (exact) mass is 1500 g/mol. The first-order valence-corrected chi connectivity index (χ1v) is 42.5. The number of carbonyl (C=O) groups excluding carboxylic acids is 3. The second kappa shape index (κ2) is 59.6. The second-order valence-corrected chi connectivity index (χ2v) is 30.9. The lowest BCUT2D eigenvalue weighted by atomic mass is 9.84. The van der Waals surface area contributed by atoms with Gasteiger partial charge < -0.3 is 89.1 Å². The average molecular weight is 1500 g/mol. The predicted molar refractivity (Wildman–Crippen MR) is 393 cm³/mol. The van der Waals surface area contributed by atoms with E-state index in [2.05, 4.69) is 32.9 Å². The molecular weight excluding hydrogens is 1350 g/mol. The molecule has 0 aromatic rings. The van der Waals surface area contributed by atoms with Crippen LogP contribution in [0.25, 0.3) is 0 Å². The molecule has 11 N–H and O–H groups in total. The van der Waals surface area contributed by atoms with Gasteiger partial charge in [-0.1, -0.05) is 283 Å². The zero-order valence-electron chi connectivity index (χ0n) is 63.6. The summed E-state index contributed by atoms with van der Waals surface area (Å²) < 4.78 is 65.2. The lowest BCUT2D eigenvalue weighted by Crippen LogP contribution is -2.69. The maximum Gasteiger partial charge on any atom is 0.472 e. The number of phosphoric acid groups is 1. The molecule has 18 unspecified atom stereocenters. The molecule has 3 rings (SSSR count). The quantitative estimate of drug-likeness (QED) is 0.00886. The number of rotatable bonds is 65. The Kier molecular flexibility index (Phi) is 54.9. The molecule has 1 aliphatic carbocycles. The van der Waals surface area contributed by atoms with Crippen LogP contribution in [0, 0.1) is 0 Å². The highest BCUT2D eigenvalue weighted by Crippen LogP contribution is 2.49. The van der Waals surface area contributed by atoms with Gasteiger partial charge in [-0.05, 0) is 44.9 Å². The predicted octanol–water partition coefficient (Wildman–Crippen LogP) is 12.7. The number of hydrogen-bond acceptors (Lipinski definition) is 23. The van der Waals surface area contributed by atoms with Crippen LogP contribution in [-0.4, -0.2) is 204 Å². The van der Waals surface area contributed by atoms with Gasteiger partial charge in [0.05, 0.1) is 13.2 Å². The van der Waals surface area contributed by atoms with E-state index in [1.54, 1.807) is 0 Å². The maximum absolute atomic E-state index is 14.4. The Hall–Kier alpha value is -2.30. The minimum Gasteiger partial charge on any atom is -0.463 e. The number of carbonyl (C=O) groups is 3. The van der Waals surface area contributed by atoms with Crippen molar-refractivity contribution in [3.63, 3.8) is 0 Å². The zero-order valence-corrected chi connectivity index (χ0v) is 64.5. The topological polar surface area (TPSA) is 374 Å². The highest BCUT2D eigenvalue weighted by molar-refractivity contribution is 7.47. The minimum atomic E-state index is -5.70. The van der Waals surface area contributed by atoms with E-state index in [4.69, 9.17) is 42.2 Å². The molecular formula is C78H145O24P. The molecule has 3 fully saturated rings. The Bertz CT molecular complexity index is 2160. The maximum atomic E-state index is 14.4. The number of allylic oxidation sites excluding steroid dienone is 2. The van der Waals surface area contributed by atoms with Crippen LogP contribution in [-0.2, 0) is 61.2 Å². The third-order valence-electron chi connectivity index (χ3n) is 20.3. The van der Waals surface area contributed by atoms with Crippen molar-refractivity contribution in [3.8, 4) is 0 Å². The third-order valence-corrected chi connectivity index (χ3v) is 21.3. The summed E-state index contributed by atoms with van der Waals surface area (Å²) in [5, 5.41) is 110. The number of esters is 3. The van der Waals surface area contributed by atoms with Crippen LogP contribution < -0.4 is 0 Å². The lowest BCUT2D eigenvalue weighted by Gasteiger charge is -2.49. The van der Waals surface area contributed by atoms with Crippen molar-refractivity contribution in [2.24, 2.45) is 0 Å². The van der Waals surface area contributed by atoms with Gasteiger partial charge in [-0.25, -0.2) is 4.57 Å². The average Bonchev–Trinajstić information content (AvgIpc) is 0.761. The van der Waals surface area contributed by atoms with Crippen molar-refractivity contribution < 1.29 is 117 Å². The zero-order chi connectivity index (χ0) is 75.3. The molecule has 0 aromatic carbocycles. The van der Waals surface area contributed by atoms with E-state index in [9.17, 15) is 74.9 Å². The van der Waals surface area contributed by atoms with Gasteiger partial charge in [-0.2, -0.15) is 0 Å². The van der Waals surface area contributed by atoms with Crippen LogP contribution >= 0.6 is 7.82 Å². The van der Waals surface area contributed by atoms with Crippen molar-refractivity contribution in [2.75, 3.05) is 26.4 Å². The van der Waals surface area contributed by atoms with Gasteiger partial charge in [0.2, 0.25) is 0 Å². The molecule has 0 bridgehead atoms. The summed E-state index contributed by atoms with van der Waals surface area (Å²) >= 11 is 0. The first kappa shape index (κ1) is 94.9. The van der Waals surface area contributed by atoms with Crippen molar-refractivity contribution in [1.82, 2.24) is 0 Å². The van der Waals surface area contributed by atoms with E-state index in [0.29, 0.717) is 19.3 Å². The summed E-state index contributed by atoms with van der Waals surface area (Å²) in [5.41, 5.74) is 0. The number of ether oxygens (including phenoxy) is 7. The van der Waals surface area contributed by atoms with Crippen LogP contribution in [0.3, 0.4) is 0 Å². The third kappa shape index (κ3) is 41.9. The van der Waals surface area contributed by atoms with E-state index in [1.165, 1.54) is 167 Å². The number of phosphoric ester groups is 1. The molecule has 0 amide bonds. The minimum absolute atomic E-state index is 0.0249. The summed E-state index contributed by atoms with van der Waals surface area (Å²) in [4.78, 5) is 51.2. The molecule has 606 valence electrons. The van der Waals surface area contributed by atoms with E-state index < -0.39 is 156 Å². The highest BCUT2D eigenvalue weighted by atomic mass is 31.2. The van der Waals surface area contributed by atoms with Crippen LogP contribution in [0.4, 0.5) is 0 Å². The standard InChI is InChI=1S/C78H145O24P/c1-4-7-10-13-16-19-22-25-28-30-33-35-37-40-43-46-49-52-62(80)94-56-59(97-64(82)54-51-48-45-42-39-36-32-29-26-23-20-17-14-11-8-5-2)57-96-103(92,93)102-76-74(100-77-72(90)67(85)65(83)60(55-79)98-77)70(88)69(87)71(89)75(76)101-78-73(91)68(86)66(84)61(99-78)58-95-63(81)53-50-47-44-41-38-34-31-27-24-21-18-15-12-9-6-3/h21,24,59-61,65-79,83-91H,4-20,22-23,25-58H2,1-3H3,(H,92,93)/b24-21-. The molecule has 3 aliphatic rings. The number of hydrogen-bond donors (Lipinski definition) is 11. The molecule has 1 saturated carbocycles. The first-order valence-electron chi connectivity index (χ1n) is 41.0.